The smallest absolute Gasteiger partial charge is 0.195 e. The Morgan fingerprint density at radius 2 is 2.39 bits per heavy atom. The number of aromatic nitrogens is 3. The van der Waals surface area contributed by atoms with Crippen LogP contribution >= 0.6 is 23.6 Å². The first-order valence-electron chi connectivity index (χ1n) is 6.09. The predicted molar refractivity (Wildman–Crippen MR) is 76.5 cm³/mol. The van der Waals surface area contributed by atoms with Crippen LogP contribution < -0.4 is 0 Å². The van der Waals surface area contributed by atoms with Gasteiger partial charge in [0.05, 0.1) is 4.88 Å². The molecule has 0 unspecified atom stereocenters. The zero-order valence-electron chi connectivity index (χ0n) is 10.4. The largest absolute Gasteiger partial charge is 0.381 e. The van der Waals surface area contributed by atoms with Crippen molar-refractivity contribution in [2.45, 2.75) is 26.3 Å². The van der Waals surface area contributed by atoms with Crippen LogP contribution in [0.15, 0.2) is 17.5 Å². The van der Waals surface area contributed by atoms with E-state index in [4.69, 9.17) is 17.0 Å². The molecular weight excluding hydrogens is 266 g/mol. The van der Waals surface area contributed by atoms with Gasteiger partial charge in [0.15, 0.2) is 10.6 Å². The molecule has 0 atom stereocenters. The van der Waals surface area contributed by atoms with Gasteiger partial charge in [-0.15, -0.1) is 11.3 Å². The van der Waals surface area contributed by atoms with Crippen molar-refractivity contribution in [3.8, 4) is 10.7 Å². The van der Waals surface area contributed by atoms with Crippen molar-refractivity contribution in [1.82, 2.24) is 14.8 Å². The molecule has 0 bridgehead atoms. The predicted octanol–water partition coefficient (Wildman–Crippen LogP) is 3.49. The van der Waals surface area contributed by atoms with Crippen LogP contribution in [0, 0.1) is 4.77 Å². The van der Waals surface area contributed by atoms with Crippen LogP contribution in [0.2, 0.25) is 0 Å². The number of H-pyrrole nitrogens is 1. The standard InChI is InChI=1S/C12H17N3OS2/c1-2-7-16-8-4-6-15-11(13-14-12(15)17)10-5-3-9-18-10/h3,5,9H,2,4,6-8H2,1H3,(H,14,17). The Morgan fingerprint density at radius 1 is 1.50 bits per heavy atom. The van der Waals surface area contributed by atoms with Gasteiger partial charge in [0, 0.05) is 19.8 Å². The zero-order chi connectivity index (χ0) is 12.8. The number of rotatable bonds is 7. The monoisotopic (exact) mass is 283 g/mol. The molecule has 0 aromatic carbocycles. The molecule has 2 aromatic heterocycles. The Kier molecular flexibility index (Phi) is 5.10. The summed E-state index contributed by atoms with van der Waals surface area (Å²) in [6.45, 7) is 4.55. The van der Waals surface area contributed by atoms with Gasteiger partial charge in [-0.3, -0.25) is 9.67 Å². The summed E-state index contributed by atoms with van der Waals surface area (Å²) in [6.07, 6.45) is 2.01. The molecule has 0 aliphatic carbocycles. The highest BCUT2D eigenvalue weighted by atomic mass is 32.1. The van der Waals surface area contributed by atoms with Crippen LogP contribution in [0.3, 0.4) is 0 Å². The molecule has 1 N–H and O–H groups in total. The highest BCUT2D eigenvalue weighted by Crippen LogP contribution is 2.22. The molecule has 2 heterocycles. The highest BCUT2D eigenvalue weighted by molar-refractivity contribution is 7.71. The fourth-order valence-electron chi connectivity index (χ4n) is 1.69. The third kappa shape index (κ3) is 3.28. The number of hydrogen-bond acceptors (Lipinski definition) is 4. The van der Waals surface area contributed by atoms with Crippen LogP contribution in [0.5, 0.6) is 0 Å². The van der Waals surface area contributed by atoms with E-state index in [9.17, 15) is 0 Å². The fourth-order valence-corrected chi connectivity index (χ4v) is 2.64. The number of hydrogen-bond donors (Lipinski definition) is 1. The van der Waals surface area contributed by atoms with Gasteiger partial charge in [-0.1, -0.05) is 13.0 Å². The van der Waals surface area contributed by atoms with E-state index >= 15 is 0 Å². The van der Waals surface area contributed by atoms with Crippen molar-refractivity contribution in [3.05, 3.63) is 22.3 Å². The van der Waals surface area contributed by atoms with Crippen LogP contribution in [-0.2, 0) is 11.3 Å². The van der Waals surface area contributed by atoms with Crippen LogP contribution in [0.25, 0.3) is 10.7 Å². The maximum absolute atomic E-state index is 5.48. The van der Waals surface area contributed by atoms with Gasteiger partial charge in [-0.25, -0.2) is 0 Å². The van der Waals surface area contributed by atoms with Crippen molar-refractivity contribution in [1.29, 1.82) is 0 Å². The molecule has 0 spiro atoms. The second kappa shape index (κ2) is 6.82. The minimum Gasteiger partial charge on any atom is -0.381 e. The van der Waals surface area contributed by atoms with E-state index in [1.807, 2.05) is 16.0 Å². The first-order chi connectivity index (χ1) is 8.83. The summed E-state index contributed by atoms with van der Waals surface area (Å²) in [7, 11) is 0. The average Bonchev–Trinajstić information content (AvgIpc) is 2.99. The molecule has 0 fully saturated rings. The Hall–Kier alpha value is -0.980. The number of ether oxygens (including phenoxy) is 1. The van der Waals surface area contributed by atoms with E-state index in [-0.39, 0.29) is 0 Å². The SMILES string of the molecule is CCCOCCCn1c(-c2cccs2)n[nH]c1=S. The van der Waals surface area contributed by atoms with Gasteiger partial charge in [-0.05, 0) is 36.5 Å². The molecule has 6 heteroatoms. The van der Waals surface area contributed by atoms with Crippen LogP contribution in [-0.4, -0.2) is 28.0 Å². The van der Waals surface area contributed by atoms with Crippen molar-refractivity contribution in [2.75, 3.05) is 13.2 Å². The van der Waals surface area contributed by atoms with E-state index in [0.29, 0.717) is 4.77 Å². The molecule has 0 radical (unpaired) electrons. The third-order valence-corrected chi connectivity index (χ3v) is 3.70. The minimum atomic E-state index is 0.675. The molecule has 4 nitrogen and oxygen atoms in total. The van der Waals surface area contributed by atoms with Crippen molar-refractivity contribution in [3.63, 3.8) is 0 Å². The Balaban J connectivity index is 2.00. The summed E-state index contributed by atoms with van der Waals surface area (Å²) in [5.74, 6) is 0.922. The summed E-state index contributed by atoms with van der Waals surface area (Å²) < 4.78 is 8.19. The van der Waals surface area contributed by atoms with Gasteiger partial charge in [-0.2, -0.15) is 5.10 Å². The lowest BCUT2D eigenvalue weighted by Crippen LogP contribution is -2.04. The van der Waals surface area contributed by atoms with Crippen molar-refractivity contribution >= 4 is 23.6 Å². The topological polar surface area (TPSA) is 42.8 Å². The van der Waals surface area contributed by atoms with Crippen molar-refractivity contribution < 1.29 is 4.74 Å². The minimum absolute atomic E-state index is 0.675. The first-order valence-corrected chi connectivity index (χ1v) is 7.38. The lowest BCUT2D eigenvalue weighted by molar-refractivity contribution is 0.129. The lowest BCUT2D eigenvalue weighted by atomic mass is 10.4. The molecule has 0 aliphatic rings. The van der Waals surface area contributed by atoms with Crippen LogP contribution in [0.4, 0.5) is 0 Å². The molecule has 0 amide bonds. The van der Waals surface area contributed by atoms with E-state index in [1.165, 1.54) is 0 Å². The quantitative estimate of drug-likeness (QED) is 0.625. The van der Waals surface area contributed by atoms with E-state index in [1.54, 1.807) is 11.3 Å². The molecule has 0 saturated carbocycles. The van der Waals surface area contributed by atoms with E-state index < -0.39 is 0 Å². The fraction of sp³-hybridized carbons (Fsp3) is 0.500. The second-order valence-electron chi connectivity index (χ2n) is 3.95. The molecule has 2 aromatic rings. The zero-order valence-corrected chi connectivity index (χ0v) is 12.0. The Labute approximate surface area is 116 Å². The van der Waals surface area contributed by atoms with Gasteiger partial charge in [0.1, 0.15) is 0 Å². The maximum atomic E-state index is 5.48. The summed E-state index contributed by atoms with van der Waals surface area (Å²) in [5, 5.41) is 9.19. The average molecular weight is 283 g/mol. The van der Waals surface area contributed by atoms with Crippen molar-refractivity contribution in [2.24, 2.45) is 0 Å². The van der Waals surface area contributed by atoms with Gasteiger partial charge < -0.3 is 4.74 Å². The van der Waals surface area contributed by atoms with Gasteiger partial charge in [0.25, 0.3) is 0 Å². The maximum Gasteiger partial charge on any atom is 0.195 e. The Morgan fingerprint density at radius 3 is 3.11 bits per heavy atom. The summed E-state index contributed by atoms with van der Waals surface area (Å²) in [4.78, 5) is 1.14. The summed E-state index contributed by atoms with van der Waals surface area (Å²) in [5.41, 5.74) is 0. The number of thiophene rings is 1. The van der Waals surface area contributed by atoms with E-state index in [0.717, 1.165) is 43.3 Å². The van der Waals surface area contributed by atoms with Crippen LogP contribution in [0.1, 0.15) is 19.8 Å². The molecule has 98 valence electrons. The van der Waals surface area contributed by atoms with Gasteiger partial charge >= 0.3 is 0 Å². The lowest BCUT2D eigenvalue weighted by Gasteiger charge is -2.06. The number of nitrogens with zero attached hydrogens (tertiary/aromatic N) is 2. The van der Waals surface area contributed by atoms with Gasteiger partial charge in [0.2, 0.25) is 0 Å². The Bertz CT molecular complexity index is 516. The number of nitrogens with one attached hydrogen (secondary N) is 1. The highest BCUT2D eigenvalue weighted by Gasteiger charge is 2.08. The molecule has 18 heavy (non-hydrogen) atoms. The summed E-state index contributed by atoms with van der Waals surface area (Å²) in [6, 6.07) is 4.08. The second-order valence-corrected chi connectivity index (χ2v) is 5.28. The molecular formula is C12H17N3OS2. The molecule has 2 rings (SSSR count). The first kappa shape index (κ1) is 13.5. The van der Waals surface area contributed by atoms with E-state index in [2.05, 4.69) is 23.2 Å². The molecule has 0 saturated heterocycles. The third-order valence-electron chi connectivity index (χ3n) is 2.52. The number of aromatic amines is 1. The molecule has 0 aliphatic heterocycles. The normalized spacial score (nSPS) is 10.9. The summed E-state index contributed by atoms with van der Waals surface area (Å²) >= 11 is 6.93.